The molecule has 28 heavy (non-hydrogen) atoms. The minimum Gasteiger partial charge on any atom is -0.468 e. The van der Waals surface area contributed by atoms with Gasteiger partial charge in [-0.1, -0.05) is 24.3 Å². The molecule has 0 aliphatic heterocycles. The van der Waals surface area contributed by atoms with E-state index in [4.69, 9.17) is 4.42 Å². The van der Waals surface area contributed by atoms with E-state index in [0.717, 1.165) is 11.1 Å². The molecule has 0 aliphatic carbocycles. The number of benzene rings is 2. The van der Waals surface area contributed by atoms with Crippen LogP contribution in [0.5, 0.6) is 0 Å². The number of aryl methyl sites for hydroxylation is 2. The maximum Gasteiger partial charge on any atom is 0.319 e. The van der Waals surface area contributed by atoms with Crippen LogP contribution in [0, 0.1) is 13.8 Å². The number of carbonyl (C=O) groups excluding carboxylic acids is 1. The molecule has 7 heteroatoms. The summed E-state index contributed by atoms with van der Waals surface area (Å²) in [5.41, 5.74) is 2.51. The molecule has 2 N–H and O–H groups in total. The molecule has 1 aromatic heterocycles. The lowest BCUT2D eigenvalue weighted by Crippen LogP contribution is -2.34. The predicted octanol–water partition coefficient (Wildman–Crippen LogP) is 4.23. The molecule has 6 nitrogen and oxygen atoms in total. The fourth-order valence-electron chi connectivity index (χ4n) is 2.78. The van der Waals surface area contributed by atoms with E-state index in [2.05, 4.69) is 10.6 Å². The third-order valence-electron chi connectivity index (χ3n) is 4.52. The van der Waals surface area contributed by atoms with E-state index in [1.54, 1.807) is 54.6 Å². The van der Waals surface area contributed by atoms with Crippen LogP contribution in [0.1, 0.15) is 22.1 Å². The molecule has 3 rings (SSSR count). The van der Waals surface area contributed by atoms with E-state index in [-0.39, 0.29) is 17.2 Å². The zero-order valence-corrected chi connectivity index (χ0v) is 16.5. The monoisotopic (exact) mass is 398 g/mol. The number of anilines is 1. The van der Waals surface area contributed by atoms with Gasteiger partial charge in [-0.15, -0.1) is 0 Å². The van der Waals surface area contributed by atoms with Crippen LogP contribution in [0.2, 0.25) is 0 Å². The SMILES string of the molecule is Cc1ccc(S(=O)(=O)[C@H](CNC(=O)Nc2ccccc2)c2ccco2)cc1C. The highest BCUT2D eigenvalue weighted by Crippen LogP contribution is 2.30. The van der Waals surface area contributed by atoms with Crippen LogP contribution >= 0.6 is 0 Å². The first-order valence-electron chi connectivity index (χ1n) is 8.82. The maximum atomic E-state index is 13.2. The number of hydrogen-bond donors (Lipinski definition) is 2. The lowest BCUT2D eigenvalue weighted by atomic mass is 10.1. The van der Waals surface area contributed by atoms with Crippen molar-refractivity contribution in [2.45, 2.75) is 24.0 Å². The van der Waals surface area contributed by atoms with Crippen molar-refractivity contribution in [2.75, 3.05) is 11.9 Å². The summed E-state index contributed by atoms with van der Waals surface area (Å²) in [7, 11) is -3.77. The number of hydrogen-bond acceptors (Lipinski definition) is 4. The first-order chi connectivity index (χ1) is 13.4. The van der Waals surface area contributed by atoms with Crippen LogP contribution in [0.25, 0.3) is 0 Å². The zero-order chi connectivity index (χ0) is 20.1. The Morgan fingerprint density at radius 1 is 1.00 bits per heavy atom. The van der Waals surface area contributed by atoms with Gasteiger partial charge in [0.05, 0.1) is 11.2 Å². The van der Waals surface area contributed by atoms with Gasteiger partial charge in [0.15, 0.2) is 9.84 Å². The van der Waals surface area contributed by atoms with Gasteiger partial charge in [-0.2, -0.15) is 0 Å². The van der Waals surface area contributed by atoms with Crippen molar-refractivity contribution in [3.8, 4) is 0 Å². The molecule has 0 radical (unpaired) electrons. The van der Waals surface area contributed by atoms with Crippen molar-refractivity contribution in [2.24, 2.45) is 0 Å². The fraction of sp³-hybridized carbons (Fsp3) is 0.190. The van der Waals surface area contributed by atoms with Crippen molar-refractivity contribution >= 4 is 21.6 Å². The fourth-order valence-corrected chi connectivity index (χ4v) is 4.45. The van der Waals surface area contributed by atoms with Gasteiger partial charge in [-0.25, -0.2) is 13.2 Å². The number of furan rings is 1. The van der Waals surface area contributed by atoms with Crippen molar-refractivity contribution in [1.29, 1.82) is 0 Å². The van der Waals surface area contributed by atoms with E-state index in [0.29, 0.717) is 5.69 Å². The normalized spacial score (nSPS) is 12.4. The Bertz CT molecular complexity index is 1050. The summed E-state index contributed by atoms with van der Waals surface area (Å²) in [5.74, 6) is 0.276. The van der Waals surface area contributed by atoms with Crippen LogP contribution in [-0.2, 0) is 9.84 Å². The molecule has 0 saturated heterocycles. The Balaban J connectivity index is 1.81. The Morgan fingerprint density at radius 2 is 1.75 bits per heavy atom. The Labute approximate surface area is 164 Å². The number of amides is 2. The molecule has 0 bridgehead atoms. The summed E-state index contributed by atoms with van der Waals surface area (Å²) >= 11 is 0. The Kier molecular flexibility index (Phi) is 5.84. The van der Waals surface area contributed by atoms with Gasteiger partial charge >= 0.3 is 6.03 Å². The predicted molar refractivity (Wildman–Crippen MR) is 108 cm³/mol. The van der Waals surface area contributed by atoms with E-state index >= 15 is 0 Å². The Morgan fingerprint density at radius 3 is 2.39 bits per heavy atom. The van der Waals surface area contributed by atoms with E-state index < -0.39 is 21.1 Å². The van der Waals surface area contributed by atoms with Crippen molar-refractivity contribution in [1.82, 2.24) is 5.32 Å². The number of carbonyl (C=O) groups is 1. The molecule has 0 fully saturated rings. The average molecular weight is 398 g/mol. The summed E-state index contributed by atoms with van der Waals surface area (Å²) in [6.07, 6.45) is 1.42. The van der Waals surface area contributed by atoms with Crippen molar-refractivity contribution in [3.05, 3.63) is 83.8 Å². The smallest absolute Gasteiger partial charge is 0.319 e. The summed E-state index contributed by atoms with van der Waals surface area (Å²) in [5, 5.41) is 4.27. The van der Waals surface area contributed by atoms with Gasteiger partial charge in [0.25, 0.3) is 0 Å². The van der Waals surface area contributed by atoms with Gasteiger partial charge in [0.1, 0.15) is 11.0 Å². The summed E-state index contributed by atoms with van der Waals surface area (Å²) < 4.78 is 31.8. The highest BCUT2D eigenvalue weighted by molar-refractivity contribution is 7.91. The highest BCUT2D eigenvalue weighted by Gasteiger charge is 2.32. The molecule has 0 spiro atoms. The van der Waals surface area contributed by atoms with Crippen LogP contribution in [0.3, 0.4) is 0 Å². The molecule has 0 unspecified atom stereocenters. The molecule has 146 valence electrons. The average Bonchev–Trinajstić information content (AvgIpc) is 3.19. The van der Waals surface area contributed by atoms with Crippen LogP contribution in [-0.4, -0.2) is 21.0 Å². The first kappa shape index (κ1) is 19.7. The van der Waals surface area contributed by atoms with Gasteiger partial charge in [0.2, 0.25) is 0 Å². The second kappa shape index (κ2) is 8.31. The topological polar surface area (TPSA) is 88.4 Å². The molecule has 0 saturated carbocycles. The molecule has 1 heterocycles. The number of sulfone groups is 1. The minimum absolute atomic E-state index is 0.124. The van der Waals surface area contributed by atoms with Crippen LogP contribution in [0.4, 0.5) is 10.5 Å². The number of rotatable bonds is 6. The minimum atomic E-state index is -3.77. The standard InChI is InChI=1S/C21H22N2O4S/c1-15-10-11-18(13-16(15)2)28(25,26)20(19-9-6-12-27-19)14-22-21(24)23-17-7-4-3-5-8-17/h3-13,20H,14H2,1-2H3,(H2,22,23,24)/t20-/m1/s1. The molecule has 3 aromatic rings. The second-order valence-electron chi connectivity index (χ2n) is 6.50. The third kappa shape index (κ3) is 4.43. The number of urea groups is 1. The number of para-hydroxylation sites is 1. The third-order valence-corrected chi connectivity index (χ3v) is 6.58. The first-order valence-corrected chi connectivity index (χ1v) is 10.4. The van der Waals surface area contributed by atoms with E-state index in [1.807, 2.05) is 19.9 Å². The summed E-state index contributed by atoms with van der Waals surface area (Å²) in [6, 6.07) is 16.7. The van der Waals surface area contributed by atoms with Crippen LogP contribution < -0.4 is 10.6 Å². The largest absolute Gasteiger partial charge is 0.468 e. The van der Waals surface area contributed by atoms with Gasteiger partial charge < -0.3 is 15.1 Å². The second-order valence-corrected chi connectivity index (χ2v) is 8.63. The van der Waals surface area contributed by atoms with Crippen LogP contribution in [0.15, 0.2) is 76.2 Å². The van der Waals surface area contributed by atoms with Gasteiger partial charge in [0, 0.05) is 12.2 Å². The Hall–Kier alpha value is -3.06. The molecular weight excluding hydrogens is 376 g/mol. The van der Waals surface area contributed by atoms with Gasteiger partial charge in [-0.3, -0.25) is 0 Å². The molecule has 2 aromatic carbocycles. The quantitative estimate of drug-likeness (QED) is 0.650. The summed E-state index contributed by atoms with van der Waals surface area (Å²) in [4.78, 5) is 12.4. The zero-order valence-electron chi connectivity index (χ0n) is 15.7. The molecule has 0 aliphatic rings. The summed E-state index contributed by atoms with van der Waals surface area (Å²) in [6.45, 7) is 3.66. The van der Waals surface area contributed by atoms with Gasteiger partial charge in [-0.05, 0) is 61.4 Å². The molecule has 2 amide bonds. The molecular formula is C21H22N2O4S. The van der Waals surface area contributed by atoms with Crippen molar-refractivity contribution in [3.63, 3.8) is 0 Å². The lowest BCUT2D eigenvalue weighted by Gasteiger charge is -2.17. The van der Waals surface area contributed by atoms with E-state index in [9.17, 15) is 13.2 Å². The van der Waals surface area contributed by atoms with Crippen molar-refractivity contribution < 1.29 is 17.6 Å². The number of nitrogens with one attached hydrogen (secondary N) is 2. The van der Waals surface area contributed by atoms with E-state index in [1.165, 1.54) is 6.26 Å². The maximum absolute atomic E-state index is 13.2. The highest BCUT2D eigenvalue weighted by atomic mass is 32.2. The molecule has 1 atom stereocenters. The lowest BCUT2D eigenvalue weighted by molar-refractivity contribution is 0.252.